The maximum Gasteiger partial charge on any atom is 0.248 e. The van der Waals surface area contributed by atoms with Crippen molar-refractivity contribution in [2.45, 2.75) is 37.5 Å². The van der Waals surface area contributed by atoms with Crippen LogP contribution in [-0.4, -0.2) is 5.92 Å². The summed E-state index contributed by atoms with van der Waals surface area (Å²) in [5.74, 6) is -2.49. The van der Waals surface area contributed by atoms with Crippen LogP contribution in [0.4, 0.5) is 14.5 Å². The molecule has 0 radical (unpaired) electrons. The third kappa shape index (κ3) is 2.46. The van der Waals surface area contributed by atoms with Crippen LogP contribution in [0.2, 0.25) is 0 Å². The molecule has 1 fully saturated rings. The number of anilines is 1. The van der Waals surface area contributed by atoms with Gasteiger partial charge in [-0.2, -0.15) is 0 Å². The average molecular weight is 211 g/mol. The van der Waals surface area contributed by atoms with Crippen LogP contribution in [0.25, 0.3) is 0 Å². The van der Waals surface area contributed by atoms with Crippen LogP contribution in [-0.2, 0) is 0 Å². The summed E-state index contributed by atoms with van der Waals surface area (Å²) in [6.45, 7) is 0. The Hall–Kier alpha value is -1.12. The number of nitrogens with two attached hydrogens (primary N) is 1. The number of hydrogen-bond donors (Lipinski definition) is 1. The molecule has 1 aliphatic carbocycles. The van der Waals surface area contributed by atoms with Crippen molar-refractivity contribution in [3.05, 3.63) is 29.8 Å². The van der Waals surface area contributed by atoms with Gasteiger partial charge in [0, 0.05) is 18.5 Å². The minimum atomic E-state index is -2.48. The topological polar surface area (TPSA) is 26.0 Å². The molecule has 1 unspecified atom stereocenters. The van der Waals surface area contributed by atoms with E-state index in [1.165, 1.54) is 0 Å². The molecule has 0 saturated heterocycles. The molecule has 1 aromatic carbocycles. The molecule has 1 saturated carbocycles. The Morgan fingerprint density at radius 3 is 2.47 bits per heavy atom. The number of halogens is 2. The summed E-state index contributed by atoms with van der Waals surface area (Å²) >= 11 is 0. The zero-order chi connectivity index (χ0) is 10.9. The highest BCUT2D eigenvalue weighted by atomic mass is 19.3. The minimum absolute atomic E-state index is 0.00523. The molecule has 15 heavy (non-hydrogen) atoms. The van der Waals surface area contributed by atoms with Gasteiger partial charge in [0.25, 0.3) is 0 Å². The molecule has 3 heteroatoms. The van der Waals surface area contributed by atoms with E-state index < -0.39 is 5.92 Å². The highest BCUT2D eigenvalue weighted by Gasteiger charge is 2.36. The largest absolute Gasteiger partial charge is 0.399 e. The third-order valence-electron chi connectivity index (χ3n) is 3.05. The van der Waals surface area contributed by atoms with Crippen LogP contribution in [0.15, 0.2) is 24.3 Å². The van der Waals surface area contributed by atoms with Crippen molar-refractivity contribution >= 4 is 5.69 Å². The van der Waals surface area contributed by atoms with E-state index in [0.29, 0.717) is 12.1 Å². The lowest BCUT2D eigenvalue weighted by atomic mass is 9.82. The summed E-state index contributed by atoms with van der Waals surface area (Å²) in [5.41, 5.74) is 7.23. The second-order valence-corrected chi connectivity index (χ2v) is 4.32. The van der Waals surface area contributed by atoms with Gasteiger partial charge < -0.3 is 5.73 Å². The second kappa shape index (κ2) is 3.80. The summed E-state index contributed by atoms with van der Waals surface area (Å²) in [7, 11) is 0. The fourth-order valence-corrected chi connectivity index (χ4v) is 2.22. The number of benzene rings is 1. The first-order valence-corrected chi connectivity index (χ1v) is 5.30. The molecule has 2 N–H and O–H groups in total. The van der Waals surface area contributed by atoms with Crippen molar-refractivity contribution in [3.63, 3.8) is 0 Å². The quantitative estimate of drug-likeness (QED) is 0.706. The highest BCUT2D eigenvalue weighted by molar-refractivity contribution is 5.40. The van der Waals surface area contributed by atoms with Crippen LogP contribution >= 0.6 is 0 Å². The first-order valence-electron chi connectivity index (χ1n) is 5.30. The van der Waals surface area contributed by atoms with Crippen molar-refractivity contribution in [3.8, 4) is 0 Å². The van der Waals surface area contributed by atoms with Crippen molar-refractivity contribution < 1.29 is 8.78 Å². The van der Waals surface area contributed by atoms with Crippen LogP contribution in [0.3, 0.4) is 0 Å². The molecule has 1 aromatic rings. The zero-order valence-electron chi connectivity index (χ0n) is 8.55. The Morgan fingerprint density at radius 1 is 1.20 bits per heavy atom. The van der Waals surface area contributed by atoms with Crippen molar-refractivity contribution in [2.24, 2.45) is 0 Å². The Balaban J connectivity index is 2.13. The molecule has 0 aromatic heterocycles. The summed E-state index contributed by atoms with van der Waals surface area (Å²) in [6.07, 6.45) is 1.50. The van der Waals surface area contributed by atoms with Crippen LogP contribution < -0.4 is 5.73 Å². The molecule has 2 rings (SSSR count). The lowest BCUT2D eigenvalue weighted by Gasteiger charge is -2.29. The molecule has 0 amide bonds. The lowest BCUT2D eigenvalue weighted by molar-refractivity contribution is -0.0407. The summed E-state index contributed by atoms with van der Waals surface area (Å²) in [6, 6.07) is 7.28. The SMILES string of the molecule is Nc1ccc(C2CCCC(F)(F)C2)cc1. The number of alkyl halides is 2. The van der Waals surface area contributed by atoms with Crippen molar-refractivity contribution in [2.75, 3.05) is 5.73 Å². The third-order valence-corrected chi connectivity index (χ3v) is 3.05. The van der Waals surface area contributed by atoms with Gasteiger partial charge in [0.2, 0.25) is 5.92 Å². The Kier molecular flexibility index (Phi) is 2.63. The minimum Gasteiger partial charge on any atom is -0.399 e. The fraction of sp³-hybridized carbons (Fsp3) is 0.500. The fourth-order valence-electron chi connectivity index (χ4n) is 2.22. The molecule has 1 nitrogen and oxygen atoms in total. The van der Waals surface area contributed by atoms with E-state index in [1.807, 2.05) is 12.1 Å². The van der Waals surface area contributed by atoms with Gasteiger partial charge in [-0.3, -0.25) is 0 Å². The van der Waals surface area contributed by atoms with Gasteiger partial charge in [-0.25, -0.2) is 8.78 Å². The van der Waals surface area contributed by atoms with E-state index in [0.717, 1.165) is 12.0 Å². The molecule has 0 bridgehead atoms. The van der Waals surface area contributed by atoms with Crippen LogP contribution in [0.5, 0.6) is 0 Å². The first-order chi connectivity index (χ1) is 7.07. The molecular formula is C12H15F2N. The van der Waals surface area contributed by atoms with Gasteiger partial charge in [-0.1, -0.05) is 12.1 Å². The van der Waals surface area contributed by atoms with Crippen LogP contribution in [0.1, 0.15) is 37.2 Å². The van der Waals surface area contributed by atoms with Gasteiger partial charge in [0.15, 0.2) is 0 Å². The maximum atomic E-state index is 13.2. The zero-order valence-corrected chi connectivity index (χ0v) is 8.55. The Labute approximate surface area is 88.3 Å². The van der Waals surface area contributed by atoms with Crippen molar-refractivity contribution in [1.82, 2.24) is 0 Å². The van der Waals surface area contributed by atoms with Crippen molar-refractivity contribution in [1.29, 1.82) is 0 Å². The van der Waals surface area contributed by atoms with Gasteiger partial charge in [-0.05, 0) is 36.5 Å². The van der Waals surface area contributed by atoms with Crippen LogP contribution in [0, 0.1) is 0 Å². The normalized spacial score (nSPS) is 25.1. The average Bonchev–Trinajstić information content (AvgIpc) is 2.17. The summed E-state index contributed by atoms with van der Waals surface area (Å²) < 4.78 is 26.4. The predicted molar refractivity (Wildman–Crippen MR) is 57.0 cm³/mol. The molecule has 1 aliphatic rings. The predicted octanol–water partition coefficient (Wildman–Crippen LogP) is 3.56. The van der Waals surface area contributed by atoms with E-state index in [2.05, 4.69) is 0 Å². The Morgan fingerprint density at radius 2 is 1.87 bits per heavy atom. The van der Waals surface area contributed by atoms with Gasteiger partial charge in [0.05, 0.1) is 0 Å². The first kappa shape index (κ1) is 10.4. The number of hydrogen-bond acceptors (Lipinski definition) is 1. The monoisotopic (exact) mass is 211 g/mol. The highest BCUT2D eigenvalue weighted by Crippen LogP contribution is 2.41. The molecule has 0 aliphatic heterocycles. The van der Waals surface area contributed by atoms with E-state index >= 15 is 0 Å². The molecule has 0 spiro atoms. The van der Waals surface area contributed by atoms with E-state index in [1.54, 1.807) is 12.1 Å². The molecule has 82 valence electrons. The van der Waals surface area contributed by atoms with Gasteiger partial charge >= 0.3 is 0 Å². The maximum absolute atomic E-state index is 13.2. The molecule has 0 heterocycles. The Bertz CT molecular complexity index is 332. The second-order valence-electron chi connectivity index (χ2n) is 4.32. The summed E-state index contributed by atoms with van der Waals surface area (Å²) in [4.78, 5) is 0. The standard InChI is InChI=1S/C12H15F2N/c13-12(14)7-1-2-10(8-12)9-3-5-11(15)6-4-9/h3-6,10H,1-2,7-8,15H2. The van der Waals surface area contributed by atoms with Gasteiger partial charge in [0.1, 0.15) is 0 Å². The molecular weight excluding hydrogens is 196 g/mol. The summed E-state index contributed by atoms with van der Waals surface area (Å²) in [5, 5.41) is 0. The lowest BCUT2D eigenvalue weighted by Crippen LogP contribution is -2.24. The van der Waals surface area contributed by atoms with Gasteiger partial charge in [-0.15, -0.1) is 0 Å². The number of nitrogen functional groups attached to an aromatic ring is 1. The van der Waals surface area contributed by atoms with E-state index in [4.69, 9.17) is 5.73 Å². The van der Waals surface area contributed by atoms with E-state index in [-0.39, 0.29) is 18.8 Å². The number of rotatable bonds is 1. The van der Waals surface area contributed by atoms with E-state index in [9.17, 15) is 8.78 Å². The molecule has 1 atom stereocenters. The smallest absolute Gasteiger partial charge is 0.248 e.